The van der Waals surface area contributed by atoms with Crippen molar-refractivity contribution in [1.82, 2.24) is 10.2 Å². The lowest BCUT2D eigenvalue weighted by molar-refractivity contribution is -0.384. The number of para-hydroxylation sites is 1. The van der Waals surface area contributed by atoms with Crippen LogP contribution in [0.2, 0.25) is 0 Å². The van der Waals surface area contributed by atoms with E-state index in [4.69, 9.17) is 9.47 Å². The van der Waals surface area contributed by atoms with Crippen LogP contribution in [-0.2, 0) is 25.7 Å². The van der Waals surface area contributed by atoms with Crippen molar-refractivity contribution in [2.45, 2.75) is 42.7 Å². The number of ether oxygens (including phenoxy) is 2. The number of fused-ring (bicyclic) bond motifs is 1. The van der Waals surface area contributed by atoms with Gasteiger partial charge in [-0.25, -0.2) is 4.79 Å². The molecule has 1 N–H and O–H groups in total. The van der Waals surface area contributed by atoms with E-state index < -0.39 is 33.6 Å². The number of nitrogens with one attached hydrogen (secondary N) is 1. The third kappa shape index (κ3) is 4.69. The summed E-state index contributed by atoms with van der Waals surface area (Å²) in [6, 6.07) is 13.0. The molecular formula is C23H23N3O7S. The maximum absolute atomic E-state index is 12.9. The predicted octanol–water partition coefficient (Wildman–Crippen LogP) is 2.26. The topological polar surface area (TPSA) is 128 Å². The monoisotopic (exact) mass is 485 g/mol. The first-order chi connectivity index (χ1) is 16.2. The number of esters is 1. The second-order valence-corrected chi connectivity index (χ2v) is 10.2. The first-order valence-corrected chi connectivity index (χ1v) is 11.4. The third-order valence-electron chi connectivity index (χ3n) is 5.62. The van der Waals surface area contributed by atoms with Crippen LogP contribution >= 0.6 is 11.8 Å². The van der Waals surface area contributed by atoms with Crippen LogP contribution in [0.4, 0.5) is 5.69 Å². The van der Waals surface area contributed by atoms with Crippen molar-refractivity contribution in [3.05, 3.63) is 70.3 Å². The number of nitrogens with zero attached hydrogens (tertiary/aromatic N) is 2. The molecule has 3 unspecified atom stereocenters. The average Bonchev–Trinajstić information content (AvgIpc) is 3.08. The molecule has 2 fully saturated rings. The molecule has 34 heavy (non-hydrogen) atoms. The molecule has 2 aromatic rings. The van der Waals surface area contributed by atoms with Crippen LogP contribution in [0.25, 0.3) is 0 Å². The molecule has 4 rings (SSSR count). The summed E-state index contributed by atoms with van der Waals surface area (Å²) in [6.45, 7) is 3.39. The van der Waals surface area contributed by atoms with E-state index in [-0.39, 0.29) is 30.2 Å². The highest BCUT2D eigenvalue weighted by Crippen LogP contribution is 2.51. The SMILES string of the molecule is CC1(C)SC2C(NC(=O)COc3ccccc3)C(=O)N2C1C(=O)OCc1ccc([N+](=O)[O-])cc1. The van der Waals surface area contributed by atoms with Gasteiger partial charge in [0.25, 0.3) is 11.6 Å². The van der Waals surface area contributed by atoms with Crippen LogP contribution in [0, 0.1) is 10.1 Å². The summed E-state index contributed by atoms with van der Waals surface area (Å²) in [5.74, 6) is -0.798. The van der Waals surface area contributed by atoms with Gasteiger partial charge in [0.05, 0.1) is 4.92 Å². The van der Waals surface area contributed by atoms with Gasteiger partial charge < -0.3 is 19.7 Å². The molecule has 2 aromatic carbocycles. The molecular weight excluding hydrogens is 462 g/mol. The second-order valence-electron chi connectivity index (χ2n) is 8.44. The molecule has 0 aromatic heterocycles. The van der Waals surface area contributed by atoms with Crippen LogP contribution in [0.3, 0.4) is 0 Å². The molecule has 0 aliphatic carbocycles. The van der Waals surface area contributed by atoms with E-state index >= 15 is 0 Å². The lowest BCUT2D eigenvalue weighted by Crippen LogP contribution is -2.71. The number of nitro benzene ring substituents is 1. The molecule has 0 saturated carbocycles. The quantitative estimate of drug-likeness (QED) is 0.261. The first-order valence-electron chi connectivity index (χ1n) is 10.5. The summed E-state index contributed by atoms with van der Waals surface area (Å²) in [7, 11) is 0. The van der Waals surface area contributed by atoms with Crippen molar-refractivity contribution in [2.24, 2.45) is 0 Å². The van der Waals surface area contributed by atoms with E-state index in [1.165, 1.54) is 40.9 Å². The maximum atomic E-state index is 12.9. The number of carbonyl (C=O) groups is 3. The van der Waals surface area contributed by atoms with E-state index in [0.29, 0.717) is 11.3 Å². The minimum atomic E-state index is -0.818. The Balaban J connectivity index is 1.33. The Morgan fingerprint density at radius 2 is 1.82 bits per heavy atom. The van der Waals surface area contributed by atoms with E-state index in [2.05, 4.69) is 5.32 Å². The zero-order chi connectivity index (χ0) is 24.5. The van der Waals surface area contributed by atoms with Crippen LogP contribution in [0.5, 0.6) is 5.75 Å². The van der Waals surface area contributed by atoms with Gasteiger partial charge in [0, 0.05) is 16.9 Å². The summed E-state index contributed by atoms with van der Waals surface area (Å²) in [6.07, 6.45) is 0. The molecule has 0 bridgehead atoms. The summed E-state index contributed by atoms with van der Waals surface area (Å²) in [4.78, 5) is 49.7. The molecule has 0 radical (unpaired) electrons. The van der Waals surface area contributed by atoms with E-state index in [0.717, 1.165) is 0 Å². The minimum Gasteiger partial charge on any atom is -0.484 e. The zero-order valence-electron chi connectivity index (χ0n) is 18.5. The van der Waals surface area contributed by atoms with Gasteiger partial charge in [0.2, 0.25) is 5.91 Å². The number of hydrogen-bond donors (Lipinski definition) is 1. The van der Waals surface area contributed by atoms with Crippen molar-refractivity contribution < 1.29 is 28.8 Å². The molecule has 11 heteroatoms. The van der Waals surface area contributed by atoms with Gasteiger partial charge in [-0.05, 0) is 43.7 Å². The number of β-lactam (4-membered cyclic amide) rings is 1. The van der Waals surface area contributed by atoms with Crippen molar-refractivity contribution in [1.29, 1.82) is 0 Å². The number of carbonyl (C=O) groups excluding carboxylic acids is 3. The smallest absolute Gasteiger partial charge is 0.330 e. The first kappa shape index (κ1) is 23.6. The molecule has 0 spiro atoms. The Morgan fingerprint density at radius 1 is 1.15 bits per heavy atom. The Kier molecular flexibility index (Phi) is 6.47. The highest BCUT2D eigenvalue weighted by atomic mass is 32.2. The lowest BCUT2D eigenvalue weighted by Gasteiger charge is -2.43. The van der Waals surface area contributed by atoms with E-state index in [1.54, 1.807) is 24.3 Å². The van der Waals surface area contributed by atoms with Crippen LogP contribution < -0.4 is 10.1 Å². The highest BCUT2D eigenvalue weighted by Gasteiger charge is 2.64. The van der Waals surface area contributed by atoms with Crippen LogP contribution in [0.15, 0.2) is 54.6 Å². The summed E-state index contributed by atoms with van der Waals surface area (Å²) < 4.78 is 10.2. The van der Waals surface area contributed by atoms with Gasteiger partial charge in [-0.3, -0.25) is 19.7 Å². The van der Waals surface area contributed by atoms with Crippen molar-refractivity contribution >= 4 is 35.2 Å². The fraction of sp³-hybridized carbons (Fsp3) is 0.348. The minimum absolute atomic E-state index is 0.0559. The summed E-state index contributed by atoms with van der Waals surface area (Å²) in [5.41, 5.74) is 0.539. The molecule has 2 heterocycles. The van der Waals surface area contributed by atoms with Gasteiger partial charge in [0.1, 0.15) is 29.8 Å². The maximum Gasteiger partial charge on any atom is 0.330 e. The van der Waals surface area contributed by atoms with E-state index in [9.17, 15) is 24.5 Å². The van der Waals surface area contributed by atoms with Crippen LogP contribution in [-0.4, -0.2) is 56.4 Å². The Bertz CT molecular complexity index is 1110. The summed E-state index contributed by atoms with van der Waals surface area (Å²) >= 11 is 1.42. The highest BCUT2D eigenvalue weighted by molar-refractivity contribution is 8.01. The van der Waals surface area contributed by atoms with Gasteiger partial charge >= 0.3 is 5.97 Å². The number of amides is 2. The number of benzene rings is 2. The van der Waals surface area contributed by atoms with E-state index in [1.807, 2.05) is 19.9 Å². The number of nitro groups is 1. The largest absolute Gasteiger partial charge is 0.484 e. The van der Waals surface area contributed by atoms with Crippen molar-refractivity contribution in [3.8, 4) is 5.75 Å². The Labute approximate surface area is 199 Å². The molecule has 3 atom stereocenters. The van der Waals surface area contributed by atoms with Gasteiger partial charge in [-0.1, -0.05) is 18.2 Å². The predicted molar refractivity (Wildman–Crippen MR) is 123 cm³/mol. The Hall–Kier alpha value is -3.60. The zero-order valence-corrected chi connectivity index (χ0v) is 19.3. The molecule has 2 aliphatic rings. The number of non-ortho nitro benzene ring substituents is 1. The average molecular weight is 486 g/mol. The van der Waals surface area contributed by atoms with Crippen LogP contribution in [0.1, 0.15) is 19.4 Å². The number of rotatable bonds is 8. The van der Waals surface area contributed by atoms with Crippen molar-refractivity contribution in [3.63, 3.8) is 0 Å². The number of thioether (sulfide) groups is 1. The molecule has 2 aliphatic heterocycles. The second kappa shape index (κ2) is 9.34. The van der Waals surface area contributed by atoms with Crippen molar-refractivity contribution in [2.75, 3.05) is 6.61 Å². The number of hydrogen-bond acceptors (Lipinski definition) is 8. The van der Waals surface area contributed by atoms with Gasteiger partial charge in [-0.15, -0.1) is 11.8 Å². The Morgan fingerprint density at radius 3 is 2.47 bits per heavy atom. The van der Waals surface area contributed by atoms with Gasteiger partial charge in [0.15, 0.2) is 6.61 Å². The fourth-order valence-corrected chi connectivity index (χ4v) is 5.58. The molecule has 178 valence electrons. The molecule has 2 amide bonds. The molecule has 2 saturated heterocycles. The molecule has 10 nitrogen and oxygen atoms in total. The fourth-order valence-electron chi connectivity index (χ4n) is 3.95. The standard InChI is InChI=1S/C23H23N3O7S/c1-23(2)19(22(29)33-12-14-8-10-15(11-9-14)26(30)31)25-20(28)18(21(25)34-23)24-17(27)13-32-16-6-4-3-5-7-16/h3-11,18-19,21H,12-13H2,1-2H3,(H,24,27). The normalized spacial score (nSPS) is 22.4. The third-order valence-corrected chi connectivity index (χ3v) is 7.19. The summed E-state index contributed by atoms with van der Waals surface area (Å²) in [5, 5.41) is 13.1. The van der Waals surface area contributed by atoms with Gasteiger partial charge in [-0.2, -0.15) is 0 Å². The lowest BCUT2D eigenvalue weighted by atomic mass is 9.96.